The van der Waals surface area contributed by atoms with Gasteiger partial charge in [-0.3, -0.25) is 0 Å². The van der Waals surface area contributed by atoms with Crippen molar-refractivity contribution in [2.24, 2.45) is 0 Å². The van der Waals surface area contributed by atoms with E-state index in [9.17, 15) is 4.79 Å². The zero-order valence-corrected chi connectivity index (χ0v) is 6.85. The van der Waals surface area contributed by atoms with Crippen LogP contribution in [0.3, 0.4) is 0 Å². The molecule has 0 aliphatic carbocycles. The maximum Gasteiger partial charge on any atom is 0.336 e. The van der Waals surface area contributed by atoms with Gasteiger partial charge in [0.15, 0.2) is 0 Å². The summed E-state index contributed by atoms with van der Waals surface area (Å²) in [5, 5.41) is 0. The number of carbonyl (C=O) groups excluding carboxylic acids is 1. The van der Waals surface area contributed by atoms with Gasteiger partial charge in [0.2, 0.25) is 0 Å². The third kappa shape index (κ3) is 2.25. The van der Waals surface area contributed by atoms with Crippen LogP contribution in [0.15, 0.2) is 0 Å². The highest BCUT2D eigenvalue weighted by Crippen LogP contribution is 2.01. The van der Waals surface area contributed by atoms with Gasteiger partial charge in [0, 0.05) is 12.6 Å². The zero-order chi connectivity index (χ0) is 8.15. The van der Waals surface area contributed by atoms with E-state index in [-0.39, 0.29) is 6.04 Å². The van der Waals surface area contributed by atoms with Gasteiger partial charge in [-0.15, -0.1) is 0 Å². The topological polar surface area (TPSA) is 44.1 Å². The average molecular weight is 143 g/mol. The van der Waals surface area contributed by atoms with E-state index in [2.05, 4.69) is 0 Å². The van der Waals surface area contributed by atoms with Gasteiger partial charge < -0.3 is 4.90 Å². The molecule has 0 aromatic carbocycles. The minimum Gasteiger partial charge on any atom is -0.321 e. The molecule has 0 spiro atoms. The quantitative estimate of drug-likeness (QED) is 0.590. The standard InChI is InChI=1S/C7H15N2O/c1-4-6(3)9(5-2)7(8)10/h6,8H,4-5H2,1-3H3. The van der Waals surface area contributed by atoms with Gasteiger partial charge in [-0.05, 0) is 20.3 Å². The highest BCUT2D eigenvalue weighted by Gasteiger charge is 2.13. The minimum atomic E-state index is -0.572. The van der Waals surface area contributed by atoms with Gasteiger partial charge in [0.25, 0.3) is 0 Å². The third-order valence-electron chi connectivity index (χ3n) is 1.72. The summed E-state index contributed by atoms with van der Waals surface area (Å²) in [4.78, 5) is 12.1. The van der Waals surface area contributed by atoms with Gasteiger partial charge in [-0.2, -0.15) is 0 Å². The number of nitrogens with zero attached hydrogens (tertiary/aromatic N) is 1. The van der Waals surface area contributed by atoms with Crippen molar-refractivity contribution in [1.82, 2.24) is 10.6 Å². The Labute approximate surface area is 62.2 Å². The number of carbonyl (C=O) groups is 1. The van der Waals surface area contributed by atoms with Crippen molar-refractivity contribution in [1.29, 1.82) is 0 Å². The lowest BCUT2D eigenvalue weighted by atomic mass is 10.2. The molecule has 0 aliphatic heterocycles. The van der Waals surface area contributed by atoms with Gasteiger partial charge in [0.1, 0.15) is 0 Å². The van der Waals surface area contributed by atoms with Gasteiger partial charge >= 0.3 is 6.03 Å². The summed E-state index contributed by atoms with van der Waals surface area (Å²) in [7, 11) is 0. The molecule has 0 aromatic heterocycles. The molecule has 1 unspecified atom stereocenters. The lowest BCUT2D eigenvalue weighted by molar-refractivity contribution is 0.189. The fourth-order valence-electron chi connectivity index (χ4n) is 0.876. The maximum atomic E-state index is 10.6. The first-order valence-corrected chi connectivity index (χ1v) is 3.65. The predicted octanol–water partition coefficient (Wildman–Crippen LogP) is 1.51. The molecule has 1 N–H and O–H groups in total. The van der Waals surface area contributed by atoms with Gasteiger partial charge in [-0.1, -0.05) is 6.92 Å². The molecule has 0 aromatic rings. The first-order valence-electron chi connectivity index (χ1n) is 3.65. The average Bonchev–Trinajstić information content (AvgIpc) is 1.88. The van der Waals surface area contributed by atoms with E-state index in [1.54, 1.807) is 4.90 Å². The molecule has 0 saturated carbocycles. The van der Waals surface area contributed by atoms with Gasteiger partial charge in [-0.25, -0.2) is 10.5 Å². The number of amides is 2. The third-order valence-corrected chi connectivity index (χ3v) is 1.72. The molecule has 1 radical (unpaired) electrons. The molecule has 10 heavy (non-hydrogen) atoms. The van der Waals surface area contributed by atoms with Crippen molar-refractivity contribution in [2.45, 2.75) is 33.2 Å². The second-order valence-electron chi connectivity index (χ2n) is 2.35. The number of hydrogen-bond donors (Lipinski definition) is 0. The number of hydrogen-bond acceptors (Lipinski definition) is 1. The summed E-state index contributed by atoms with van der Waals surface area (Å²) in [5.41, 5.74) is 6.86. The fraction of sp³-hybridized carbons (Fsp3) is 0.857. The summed E-state index contributed by atoms with van der Waals surface area (Å²) >= 11 is 0. The van der Waals surface area contributed by atoms with E-state index >= 15 is 0 Å². The minimum absolute atomic E-state index is 0.204. The first-order chi connectivity index (χ1) is 4.63. The lowest BCUT2D eigenvalue weighted by Gasteiger charge is -2.23. The van der Waals surface area contributed by atoms with Crippen LogP contribution in [-0.2, 0) is 0 Å². The van der Waals surface area contributed by atoms with Crippen LogP contribution in [0.4, 0.5) is 4.79 Å². The van der Waals surface area contributed by atoms with Crippen LogP contribution in [0.2, 0.25) is 0 Å². The van der Waals surface area contributed by atoms with Crippen LogP contribution in [0.1, 0.15) is 27.2 Å². The van der Waals surface area contributed by atoms with Crippen molar-refractivity contribution in [2.75, 3.05) is 6.54 Å². The highest BCUT2D eigenvalue weighted by molar-refractivity contribution is 5.71. The van der Waals surface area contributed by atoms with E-state index in [1.165, 1.54) is 0 Å². The van der Waals surface area contributed by atoms with Crippen molar-refractivity contribution >= 4 is 6.03 Å². The molecule has 2 amide bonds. The van der Waals surface area contributed by atoms with Crippen LogP contribution in [0, 0.1) is 0 Å². The zero-order valence-electron chi connectivity index (χ0n) is 6.85. The van der Waals surface area contributed by atoms with E-state index in [1.807, 2.05) is 20.8 Å². The number of nitrogens with one attached hydrogen (secondary N) is 1. The molecular formula is C7H15N2O. The van der Waals surface area contributed by atoms with Crippen LogP contribution >= 0.6 is 0 Å². The van der Waals surface area contributed by atoms with Crippen LogP contribution in [-0.4, -0.2) is 23.5 Å². The van der Waals surface area contributed by atoms with Crippen molar-refractivity contribution in [3.8, 4) is 0 Å². The summed E-state index contributed by atoms with van der Waals surface area (Å²) < 4.78 is 0. The van der Waals surface area contributed by atoms with Crippen molar-refractivity contribution in [3.05, 3.63) is 0 Å². The summed E-state index contributed by atoms with van der Waals surface area (Å²) in [6, 6.07) is -0.369. The molecule has 1 atom stereocenters. The smallest absolute Gasteiger partial charge is 0.321 e. The lowest BCUT2D eigenvalue weighted by Crippen LogP contribution is -2.37. The van der Waals surface area contributed by atoms with E-state index in [0.717, 1.165) is 6.42 Å². The Balaban J connectivity index is 3.92. The largest absolute Gasteiger partial charge is 0.336 e. The second kappa shape index (κ2) is 4.14. The normalized spacial score (nSPS) is 12.7. The molecule has 0 bridgehead atoms. The van der Waals surface area contributed by atoms with E-state index in [0.29, 0.717) is 6.54 Å². The Morgan fingerprint density at radius 2 is 2.10 bits per heavy atom. The highest BCUT2D eigenvalue weighted by atomic mass is 16.2. The Hall–Kier alpha value is -0.730. The second-order valence-corrected chi connectivity index (χ2v) is 2.35. The predicted molar refractivity (Wildman–Crippen MR) is 40.6 cm³/mol. The number of rotatable bonds is 3. The van der Waals surface area contributed by atoms with Crippen molar-refractivity contribution in [3.63, 3.8) is 0 Å². The monoisotopic (exact) mass is 143 g/mol. The van der Waals surface area contributed by atoms with Crippen LogP contribution in [0.5, 0.6) is 0 Å². The Bertz CT molecular complexity index is 114. The fourth-order valence-corrected chi connectivity index (χ4v) is 0.876. The van der Waals surface area contributed by atoms with Crippen molar-refractivity contribution < 1.29 is 4.79 Å². The summed E-state index contributed by atoms with van der Waals surface area (Å²) in [5.74, 6) is 0. The molecule has 0 aliphatic rings. The first kappa shape index (κ1) is 9.27. The molecule has 3 heteroatoms. The molecule has 0 rings (SSSR count). The Kier molecular flexibility index (Phi) is 3.84. The maximum absolute atomic E-state index is 10.6. The molecule has 59 valence electrons. The number of urea groups is 1. The summed E-state index contributed by atoms with van der Waals surface area (Å²) in [6.07, 6.45) is 0.915. The Morgan fingerprint density at radius 1 is 1.60 bits per heavy atom. The molecule has 0 saturated heterocycles. The summed E-state index contributed by atoms with van der Waals surface area (Å²) in [6.45, 7) is 6.49. The molecule has 0 fully saturated rings. The SMILES string of the molecule is CCC(C)N(CC)C([NH])=O. The van der Waals surface area contributed by atoms with Crippen LogP contribution in [0.25, 0.3) is 0 Å². The molecule has 0 heterocycles. The molecule has 3 nitrogen and oxygen atoms in total. The molecular weight excluding hydrogens is 128 g/mol. The Morgan fingerprint density at radius 3 is 2.20 bits per heavy atom. The van der Waals surface area contributed by atoms with E-state index < -0.39 is 6.03 Å². The van der Waals surface area contributed by atoms with Gasteiger partial charge in [0.05, 0.1) is 0 Å². The van der Waals surface area contributed by atoms with Crippen LogP contribution < -0.4 is 5.73 Å². The van der Waals surface area contributed by atoms with E-state index in [4.69, 9.17) is 5.73 Å².